The molecule has 1 unspecified atom stereocenters. The molecule has 6 heteroatoms. The van der Waals surface area contributed by atoms with Gasteiger partial charge in [-0.05, 0) is 32.6 Å². The van der Waals surface area contributed by atoms with Gasteiger partial charge in [0.05, 0.1) is 6.10 Å². The van der Waals surface area contributed by atoms with Crippen LogP contribution in [0.15, 0.2) is 0 Å². The van der Waals surface area contributed by atoms with Gasteiger partial charge in [0.25, 0.3) is 0 Å². The lowest BCUT2D eigenvalue weighted by Gasteiger charge is -2.29. The number of aryl methyl sites for hydroxylation is 1. The predicted molar refractivity (Wildman–Crippen MR) is 85.4 cm³/mol. The average Bonchev–Trinajstić information content (AvgIpc) is 2.50. The van der Waals surface area contributed by atoms with Crippen molar-refractivity contribution in [3.63, 3.8) is 0 Å². The van der Waals surface area contributed by atoms with Gasteiger partial charge >= 0.3 is 0 Å². The maximum Gasteiger partial charge on any atom is 0.148 e. The van der Waals surface area contributed by atoms with E-state index < -0.39 is 0 Å². The molecule has 1 aliphatic heterocycles. The minimum Gasteiger partial charge on any atom is -0.376 e. The highest BCUT2D eigenvalue weighted by atomic mass is 16.5. The molecule has 1 aromatic rings. The van der Waals surface area contributed by atoms with Gasteiger partial charge in [-0.3, -0.25) is 0 Å². The van der Waals surface area contributed by atoms with Crippen LogP contribution in [0.25, 0.3) is 0 Å². The van der Waals surface area contributed by atoms with Crippen LogP contribution in [0.1, 0.15) is 44.0 Å². The average molecular weight is 293 g/mol. The third kappa shape index (κ3) is 4.04. The third-order valence-corrected chi connectivity index (χ3v) is 3.89. The molecular formula is C15H27N5O. The molecule has 6 nitrogen and oxygen atoms in total. The van der Waals surface area contributed by atoms with Crippen molar-refractivity contribution in [2.45, 2.75) is 52.1 Å². The molecule has 1 fully saturated rings. The van der Waals surface area contributed by atoms with Gasteiger partial charge < -0.3 is 15.1 Å². The summed E-state index contributed by atoms with van der Waals surface area (Å²) in [4.78, 5) is 11.3. The highest BCUT2D eigenvalue weighted by Gasteiger charge is 2.19. The molecule has 1 atom stereocenters. The summed E-state index contributed by atoms with van der Waals surface area (Å²) in [5.74, 6) is 8.07. The molecule has 0 spiro atoms. The van der Waals surface area contributed by atoms with Crippen LogP contribution in [0.4, 0.5) is 11.6 Å². The molecule has 118 valence electrons. The van der Waals surface area contributed by atoms with Crippen LogP contribution in [0, 0.1) is 6.92 Å². The largest absolute Gasteiger partial charge is 0.376 e. The Morgan fingerprint density at radius 1 is 1.38 bits per heavy atom. The quantitative estimate of drug-likeness (QED) is 0.617. The zero-order chi connectivity index (χ0) is 15.2. The summed E-state index contributed by atoms with van der Waals surface area (Å²) in [7, 11) is 2.06. The fraction of sp³-hybridized carbons (Fsp3) is 0.733. The first-order valence-electron chi connectivity index (χ1n) is 7.82. The summed E-state index contributed by atoms with van der Waals surface area (Å²) < 4.78 is 5.82. The van der Waals surface area contributed by atoms with Crippen LogP contribution in [0.2, 0.25) is 0 Å². The van der Waals surface area contributed by atoms with Gasteiger partial charge in [0, 0.05) is 32.2 Å². The maximum atomic E-state index is 5.82. The lowest BCUT2D eigenvalue weighted by atomic mass is 10.1. The normalized spacial score (nSPS) is 18.6. The van der Waals surface area contributed by atoms with E-state index in [9.17, 15) is 0 Å². The highest BCUT2D eigenvalue weighted by Crippen LogP contribution is 2.24. The Hall–Kier alpha value is -1.40. The number of rotatable bonds is 6. The minimum absolute atomic E-state index is 0.294. The van der Waals surface area contributed by atoms with Crippen LogP contribution < -0.4 is 16.2 Å². The van der Waals surface area contributed by atoms with Gasteiger partial charge in [0.2, 0.25) is 0 Å². The molecule has 3 N–H and O–H groups in total. The van der Waals surface area contributed by atoms with Crippen molar-refractivity contribution in [3.05, 3.63) is 11.4 Å². The highest BCUT2D eigenvalue weighted by molar-refractivity contribution is 5.57. The Morgan fingerprint density at radius 2 is 2.19 bits per heavy atom. The maximum absolute atomic E-state index is 5.82. The van der Waals surface area contributed by atoms with Gasteiger partial charge in [-0.25, -0.2) is 15.8 Å². The van der Waals surface area contributed by atoms with E-state index in [1.54, 1.807) is 0 Å². The molecule has 1 aliphatic rings. The predicted octanol–water partition coefficient (Wildman–Crippen LogP) is 2.03. The number of hydrogen-bond donors (Lipinski definition) is 2. The number of nitrogen functional groups attached to an aromatic ring is 1. The van der Waals surface area contributed by atoms with E-state index in [1.165, 1.54) is 12.8 Å². The lowest BCUT2D eigenvalue weighted by Crippen LogP contribution is -2.34. The zero-order valence-corrected chi connectivity index (χ0v) is 13.4. The third-order valence-electron chi connectivity index (χ3n) is 3.89. The van der Waals surface area contributed by atoms with E-state index in [0.29, 0.717) is 11.9 Å². The molecular weight excluding hydrogens is 266 g/mol. The summed E-state index contributed by atoms with van der Waals surface area (Å²) >= 11 is 0. The van der Waals surface area contributed by atoms with E-state index in [0.717, 1.165) is 49.6 Å². The van der Waals surface area contributed by atoms with E-state index in [4.69, 9.17) is 15.6 Å². The molecule has 21 heavy (non-hydrogen) atoms. The molecule has 0 saturated carbocycles. The number of hydrogen-bond acceptors (Lipinski definition) is 6. The van der Waals surface area contributed by atoms with Crippen LogP contribution in [-0.4, -0.2) is 36.3 Å². The van der Waals surface area contributed by atoms with Crippen molar-refractivity contribution >= 4 is 11.6 Å². The number of likely N-dealkylation sites (N-methyl/N-ethyl adjacent to an activating group) is 1. The van der Waals surface area contributed by atoms with E-state index in [1.807, 2.05) is 6.92 Å². The van der Waals surface area contributed by atoms with Crippen LogP contribution in [-0.2, 0) is 11.2 Å². The zero-order valence-electron chi connectivity index (χ0n) is 13.4. The summed E-state index contributed by atoms with van der Waals surface area (Å²) in [6, 6.07) is 0. The fourth-order valence-electron chi connectivity index (χ4n) is 2.74. The standard InChI is InChI=1S/C15H27N5O/c1-4-7-13-17-14(19-16)11(2)15(18-13)20(3)10-12-8-5-6-9-21-12/h12H,4-10,16H2,1-3H3,(H,17,18,19). The Labute approximate surface area is 127 Å². The van der Waals surface area contributed by atoms with Crippen molar-refractivity contribution in [1.82, 2.24) is 9.97 Å². The number of hydrazine groups is 1. The van der Waals surface area contributed by atoms with E-state index in [-0.39, 0.29) is 0 Å². The number of anilines is 2. The van der Waals surface area contributed by atoms with Crippen LogP contribution in [0.5, 0.6) is 0 Å². The number of ether oxygens (including phenoxy) is 1. The number of nitrogens with one attached hydrogen (secondary N) is 1. The molecule has 0 aliphatic carbocycles. The SMILES string of the molecule is CCCc1nc(NN)c(C)c(N(C)CC2CCCCO2)n1. The van der Waals surface area contributed by atoms with Gasteiger partial charge in [0.1, 0.15) is 17.5 Å². The second-order valence-electron chi connectivity index (χ2n) is 5.70. The lowest BCUT2D eigenvalue weighted by molar-refractivity contribution is 0.0215. The van der Waals surface area contributed by atoms with Gasteiger partial charge in [-0.2, -0.15) is 0 Å². The molecule has 2 rings (SSSR count). The first-order chi connectivity index (χ1) is 10.2. The van der Waals surface area contributed by atoms with Crippen molar-refractivity contribution in [2.75, 3.05) is 30.5 Å². The van der Waals surface area contributed by atoms with Crippen LogP contribution >= 0.6 is 0 Å². The number of nitrogens with two attached hydrogens (primary N) is 1. The Morgan fingerprint density at radius 3 is 2.81 bits per heavy atom. The minimum atomic E-state index is 0.294. The smallest absolute Gasteiger partial charge is 0.148 e. The van der Waals surface area contributed by atoms with Crippen molar-refractivity contribution < 1.29 is 4.74 Å². The number of nitrogens with zero attached hydrogens (tertiary/aromatic N) is 3. The molecule has 0 aromatic carbocycles. The summed E-state index contributed by atoms with van der Waals surface area (Å²) in [5, 5.41) is 0. The summed E-state index contributed by atoms with van der Waals surface area (Å²) in [6.45, 7) is 5.85. The van der Waals surface area contributed by atoms with Crippen LogP contribution in [0.3, 0.4) is 0 Å². The van der Waals surface area contributed by atoms with Crippen molar-refractivity contribution in [3.8, 4) is 0 Å². The summed E-state index contributed by atoms with van der Waals surface area (Å²) in [6.07, 6.45) is 5.71. The summed E-state index contributed by atoms with van der Waals surface area (Å²) in [5.41, 5.74) is 3.67. The van der Waals surface area contributed by atoms with Gasteiger partial charge in [0.15, 0.2) is 0 Å². The molecule has 1 aromatic heterocycles. The molecule has 2 heterocycles. The van der Waals surface area contributed by atoms with Crippen molar-refractivity contribution in [2.24, 2.45) is 5.84 Å². The number of aromatic nitrogens is 2. The van der Waals surface area contributed by atoms with E-state index in [2.05, 4.69) is 29.3 Å². The first-order valence-corrected chi connectivity index (χ1v) is 7.82. The monoisotopic (exact) mass is 293 g/mol. The Kier molecular flexibility index (Phi) is 5.76. The second-order valence-corrected chi connectivity index (χ2v) is 5.70. The van der Waals surface area contributed by atoms with Gasteiger partial charge in [-0.1, -0.05) is 6.92 Å². The Bertz CT molecular complexity index is 460. The second kappa shape index (κ2) is 7.56. The van der Waals surface area contributed by atoms with E-state index >= 15 is 0 Å². The molecule has 0 radical (unpaired) electrons. The molecule has 1 saturated heterocycles. The molecule has 0 bridgehead atoms. The fourth-order valence-corrected chi connectivity index (χ4v) is 2.74. The van der Waals surface area contributed by atoms with Crippen molar-refractivity contribution in [1.29, 1.82) is 0 Å². The Balaban J connectivity index is 2.17. The van der Waals surface area contributed by atoms with Gasteiger partial charge in [-0.15, -0.1) is 0 Å². The molecule has 0 amide bonds. The topological polar surface area (TPSA) is 76.3 Å². The first kappa shape index (κ1) is 16.0.